The van der Waals surface area contributed by atoms with Crippen LogP contribution in [0.25, 0.3) is 0 Å². The molecule has 0 fully saturated rings. The first-order valence-electron chi connectivity index (χ1n) is 5.19. The molecule has 0 saturated heterocycles. The van der Waals surface area contributed by atoms with Crippen LogP contribution in [0.1, 0.15) is 5.56 Å². The van der Waals surface area contributed by atoms with Gasteiger partial charge in [0.25, 0.3) is 0 Å². The molecule has 1 aromatic carbocycles. The van der Waals surface area contributed by atoms with E-state index in [1.165, 1.54) is 6.07 Å². The third-order valence-electron chi connectivity index (χ3n) is 2.14. The van der Waals surface area contributed by atoms with Gasteiger partial charge >= 0.3 is 6.18 Å². The largest absolute Gasteiger partial charge is 0.483 e. The number of hydrogen-bond acceptors (Lipinski definition) is 4. The van der Waals surface area contributed by atoms with Gasteiger partial charge in [-0.15, -0.1) is 0 Å². The summed E-state index contributed by atoms with van der Waals surface area (Å²) in [5.74, 6) is -0.430. The van der Waals surface area contributed by atoms with Crippen molar-refractivity contribution in [3.8, 4) is 5.75 Å². The van der Waals surface area contributed by atoms with Gasteiger partial charge in [-0.2, -0.15) is 13.2 Å². The maximum absolute atomic E-state index is 12.0. The average Bonchev–Trinajstić information content (AvgIpc) is 2.25. The predicted octanol–water partition coefficient (Wildman–Crippen LogP) is 0.776. The molecule has 0 radical (unpaired) electrons. The van der Waals surface area contributed by atoms with Crippen molar-refractivity contribution >= 4 is 10.0 Å². The highest BCUT2D eigenvalue weighted by Crippen LogP contribution is 2.26. The molecular formula is C10H13F3N2O3S. The van der Waals surface area contributed by atoms with Crippen LogP contribution in [0.5, 0.6) is 5.75 Å². The minimum Gasteiger partial charge on any atom is -0.483 e. The molecule has 108 valence electrons. The van der Waals surface area contributed by atoms with Gasteiger partial charge in [-0.1, -0.05) is 6.07 Å². The van der Waals surface area contributed by atoms with E-state index in [-0.39, 0.29) is 6.54 Å². The molecular weight excluding hydrogens is 285 g/mol. The Hall–Kier alpha value is -1.32. The number of alkyl halides is 3. The first-order chi connectivity index (χ1) is 8.63. The number of sulfonamides is 1. The molecule has 0 atom stereocenters. The Morgan fingerprint density at radius 2 is 1.89 bits per heavy atom. The van der Waals surface area contributed by atoms with E-state index in [0.717, 1.165) is 12.1 Å². The van der Waals surface area contributed by atoms with Gasteiger partial charge in [0.15, 0.2) is 6.61 Å². The van der Waals surface area contributed by atoms with Crippen molar-refractivity contribution in [3.05, 3.63) is 23.8 Å². The summed E-state index contributed by atoms with van der Waals surface area (Å²) in [5, 5.41) is 4.94. The van der Waals surface area contributed by atoms with E-state index in [2.05, 4.69) is 4.74 Å². The molecule has 5 nitrogen and oxygen atoms in total. The summed E-state index contributed by atoms with van der Waals surface area (Å²) in [5.41, 5.74) is 5.86. The average molecular weight is 298 g/mol. The van der Waals surface area contributed by atoms with Crippen LogP contribution in [0.3, 0.4) is 0 Å². The molecule has 19 heavy (non-hydrogen) atoms. The first-order valence-corrected chi connectivity index (χ1v) is 6.73. The Bertz CT molecular complexity index is 543. The van der Waals surface area contributed by atoms with Gasteiger partial charge in [0, 0.05) is 0 Å². The van der Waals surface area contributed by atoms with Crippen molar-refractivity contribution < 1.29 is 26.3 Å². The van der Waals surface area contributed by atoms with Gasteiger partial charge in [0.05, 0.1) is 0 Å². The Kier molecular flexibility index (Phi) is 4.77. The quantitative estimate of drug-likeness (QED) is 0.839. The van der Waals surface area contributed by atoms with Crippen LogP contribution in [0.4, 0.5) is 13.2 Å². The van der Waals surface area contributed by atoms with Crippen molar-refractivity contribution in [1.82, 2.24) is 0 Å². The number of nitrogens with two attached hydrogens (primary N) is 2. The van der Waals surface area contributed by atoms with E-state index in [4.69, 9.17) is 10.9 Å². The molecule has 0 aliphatic carbocycles. The van der Waals surface area contributed by atoms with E-state index in [1.807, 2.05) is 0 Å². The molecule has 0 aliphatic heterocycles. The molecule has 0 spiro atoms. The number of halogens is 3. The molecule has 0 heterocycles. The van der Waals surface area contributed by atoms with Crippen molar-refractivity contribution in [3.63, 3.8) is 0 Å². The summed E-state index contributed by atoms with van der Waals surface area (Å²) in [6, 6.07) is 3.73. The van der Waals surface area contributed by atoms with Crippen LogP contribution in [0.2, 0.25) is 0 Å². The lowest BCUT2D eigenvalue weighted by Gasteiger charge is -2.13. The Balaban J connectivity index is 3.10. The van der Waals surface area contributed by atoms with E-state index in [1.54, 1.807) is 0 Å². The van der Waals surface area contributed by atoms with Gasteiger partial charge in [-0.3, -0.25) is 0 Å². The van der Waals surface area contributed by atoms with Gasteiger partial charge in [0.1, 0.15) is 10.6 Å². The lowest BCUT2D eigenvalue weighted by atomic mass is 10.1. The number of ether oxygens (including phenoxy) is 1. The molecule has 1 rings (SSSR count). The number of benzene rings is 1. The molecule has 0 unspecified atom stereocenters. The van der Waals surface area contributed by atoms with E-state index < -0.39 is 33.5 Å². The highest BCUT2D eigenvalue weighted by atomic mass is 32.2. The summed E-state index contributed by atoms with van der Waals surface area (Å²) in [7, 11) is -4.18. The summed E-state index contributed by atoms with van der Waals surface area (Å²) >= 11 is 0. The minimum absolute atomic E-state index is 0.271. The smallest absolute Gasteiger partial charge is 0.422 e. The summed E-state index contributed by atoms with van der Waals surface area (Å²) in [6.45, 7) is -1.32. The number of rotatable bonds is 5. The predicted molar refractivity (Wildman–Crippen MR) is 62.1 cm³/mol. The highest BCUT2D eigenvalue weighted by molar-refractivity contribution is 7.89. The van der Waals surface area contributed by atoms with Crippen molar-refractivity contribution in [2.75, 3.05) is 13.2 Å². The second-order valence-corrected chi connectivity index (χ2v) is 5.30. The summed E-state index contributed by atoms with van der Waals surface area (Å²) in [4.78, 5) is -0.484. The number of primary sulfonamides is 1. The fourth-order valence-electron chi connectivity index (χ4n) is 1.38. The topological polar surface area (TPSA) is 95.4 Å². The van der Waals surface area contributed by atoms with Crippen molar-refractivity contribution in [2.24, 2.45) is 10.9 Å². The van der Waals surface area contributed by atoms with Gasteiger partial charge in [0.2, 0.25) is 10.0 Å². The third kappa shape index (κ3) is 5.05. The van der Waals surface area contributed by atoms with E-state index >= 15 is 0 Å². The van der Waals surface area contributed by atoms with Crippen molar-refractivity contribution in [1.29, 1.82) is 0 Å². The Morgan fingerprint density at radius 1 is 1.26 bits per heavy atom. The standard InChI is InChI=1S/C10H13F3N2O3S/c11-10(12,13)6-18-8-2-1-7(3-4-14)5-9(8)19(15,16)17/h1-2,5H,3-4,6,14H2,(H2,15,16,17). The number of hydrogen-bond donors (Lipinski definition) is 2. The van der Waals surface area contributed by atoms with Crippen LogP contribution < -0.4 is 15.6 Å². The zero-order valence-electron chi connectivity index (χ0n) is 9.77. The van der Waals surface area contributed by atoms with Crippen LogP contribution in [-0.4, -0.2) is 27.7 Å². The van der Waals surface area contributed by atoms with E-state index in [0.29, 0.717) is 12.0 Å². The fourth-order valence-corrected chi connectivity index (χ4v) is 2.10. The summed E-state index contributed by atoms with van der Waals surface area (Å²) in [6.07, 6.45) is -4.19. The molecule has 0 saturated carbocycles. The maximum atomic E-state index is 12.0. The Labute approximate surface area is 108 Å². The first kappa shape index (κ1) is 15.7. The molecule has 0 amide bonds. The molecule has 9 heteroatoms. The van der Waals surface area contributed by atoms with Gasteiger partial charge in [-0.05, 0) is 30.7 Å². The molecule has 0 aromatic heterocycles. The third-order valence-corrected chi connectivity index (χ3v) is 3.07. The molecule has 1 aromatic rings. The van der Waals surface area contributed by atoms with Crippen LogP contribution in [0.15, 0.2) is 23.1 Å². The second kappa shape index (κ2) is 5.76. The molecule has 0 bridgehead atoms. The van der Waals surface area contributed by atoms with Gasteiger partial charge < -0.3 is 10.5 Å². The lowest BCUT2D eigenvalue weighted by Crippen LogP contribution is -2.21. The maximum Gasteiger partial charge on any atom is 0.422 e. The zero-order chi connectivity index (χ0) is 14.7. The van der Waals surface area contributed by atoms with Crippen LogP contribution >= 0.6 is 0 Å². The zero-order valence-corrected chi connectivity index (χ0v) is 10.6. The highest BCUT2D eigenvalue weighted by Gasteiger charge is 2.29. The van der Waals surface area contributed by atoms with Gasteiger partial charge in [-0.25, -0.2) is 13.6 Å². The monoisotopic (exact) mass is 298 g/mol. The van der Waals surface area contributed by atoms with Crippen LogP contribution in [0, 0.1) is 0 Å². The summed E-state index contributed by atoms with van der Waals surface area (Å²) < 4.78 is 63.2. The lowest BCUT2D eigenvalue weighted by molar-refractivity contribution is -0.153. The van der Waals surface area contributed by atoms with E-state index in [9.17, 15) is 21.6 Å². The normalized spacial score (nSPS) is 12.5. The molecule has 0 aliphatic rings. The van der Waals surface area contributed by atoms with Crippen LogP contribution in [-0.2, 0) is 16.4 Å². The Morgan fingerprint density at radius 3 is 2.37 bits per heavy atom. The van der Waals surface area contributed by atoms with Crippen molar-refractivity contribution in [2.45, 2.75) is 17.5 Å². The SMILES string of the molecule is NCCc1ccc(OCC(F)(F)F)c(S(N)(=O)=O)c1. The fraction of sp³-hybridized carbons (Fsp3) is 0.400. The second-order valence-electron chi connectivity index (χ2n) is 3.77. The minimum atomic E-state index is -4.56. The molecule has 4 N–H and O–H groups in total.